The molecule has 2 aromatic rings. The van der Waals surface area contributed by atoms with E-state index in [2.05, 4.69) is 39.6 Å². The van der Waals surface area contributed by atoms with Crippen LogP contribution in [0.1, 0.15) is 29.8 Å². The Morgan fingerprint density at radius 3 is 2.42 bits per heavy atom. The fourth-order valence-corrected chi connectivity index (χ4v) is 4.43. The fraction of sp³-hybridized carbons (Fsp3) is 0.417. The van der Waals surface area contributed by atoms with Crippen LogP contribution in [0.3, 0.4) is 0 Å². The zero-order valence-electron chi connectivity index (χ0n) is 18.6. The molecule has 2 N–H and O–H groups in total. The molecule has 0 radical (unpaired) electrons. The van der Waals surface area contributed by atoms with Crippen LogP contribution < -0.4 is 15.5 Å². The maximum Gasteiger partial charge on any atom is 0.252 e. The van der Waals surface area contributed by atoms with Crippen LogP contribution in [0.25, 0.3) is 0 Å². The van der Waals surface area contributed by atoms with Crippen LogP contribution in [0.5, 0.6) is 0 Å². The predicted octanol–water partition coefficient (Wildman–Crippen LogP) is 2.99. The van der Waals surface area contributed by atoms with Crippen LogP contribution in [0.2, 0.25) is 0 Å². The maximum atomic E-state index is 12.9. The first-order valence-electron chi connectivity index (χ1n) is 10.7. The minimum atomic E-state index is -0.124. The molecule has 0 saturated carbocycles. The summed E-state index contributed by atoms with van der Waals surface area (Å²) in [5.74, 6) is 0.131. The first-order chi connectivity index (χ1) is 14.9. The molecule has 0 spiro atoms. The summed E-state index contributed by atoms with van der Waals surface area (Å²) in [7, 11) is 2.14. The van der Waals surface area contributed by atoms with E-state index in [9.17, 15) is 9.59 Å². The molecule has 6 nitrogen and oxygen atoms in total. The molecule has 0 aromatic heterocycles. The molecular weight excluding hydrogens is 408 g/mol. The predicted molar refractivity (Wildman–Crippen MR) is 128 cm³/mol. The highest BCUT2D eigenvalue weighted by Gasteiger charge is 2.18. The van der Waals surface area contributed by atoms with Crippen molar-refractivity contribution in [1.82, 2.24) is 15.5 Å². The van der Waals surface area contributed by atoms with Gasteiger partial charge in [-0.25, -0.2) is 0 Å². The maximum absolute atomic E-state index is 12.9. The summed E-state index contributed by atoms with van der Waals surface area (Å²) in [5, 5.41) is 5.95. The summed E-state index contributed by atoms with van der Waals surface area (Å²) in [4.78, 5) is 30.5. The number of hydrogen-bond acceptors (Lipinski definition) is 5. The summed E-state index contributed by atoms with van der Waals surface area (Å²) in [6.07, 6.45) is 0. The van der Waals surface area contributed by atoms with Crippen LogP contribution in [0.15, 0.2) is 53.4 Å². The Hall–Kier alpha value is -2.51. The lowest BCUT2D eigenvalue weighted by atomic mass is 10.1. The van der Waals surface area contributed by atoms with Crippen LogP contribution in [-0.2, 0) is 11.3 Å². The van der Waals surface area contributed by atoms with E-state index in [0.717, 1.165) is 36.6 Å². The number of thioether (sulfide) groups is 1. The normalized spacial score (nSPS) is 14.5. The summed E-state index contributed by atoms with van der Waals surface area (Å²) in [5.41, 5.74) is 2.90. The van der Waals surface area contributed by atoms with Crippen molar-refractivity contribution in [3.63, 3.8) is 0 Å². The topological polar surface area (TPSA) is 64.7 Å². The van der Waals surface area contributed by atoms with Crippen molar-refractivity contribution >= 4 is 29.3 Å². The van der Waals surface area contributed by atoms with Crippen LogP contribution in [0.4, 0.5) is 5.69 Å². The lowest BCUT2D eigenvalue weighted by Gasteiger charge is -2.35. The highest BCUT2D eigenvalue weighted by molar-refractivity contribution is 8.00. The zero-order valence-corrected chi connectivity index (χ0v) is 19.4. The van der Waals surface area contributed by atoms with Gasteiger partial charge in [0.05, 0.1) is 11.3 Å². The second-order valence-corrected chi connectivity index (χ2v) is 9.13. The molecular formula is C24H32N4O2S. The number of nitrogens with one attached hydrogen (secondary N) is 2. The number of rotatable bonds is 8. The van der Waals surface area contributed by atoms with Crippen LogP contribution >= 0.6 is 11.8 Å². The fourth-order valence-electron chi connectivity index (χ4n) is 3.57. The van der Waals surface area contributed by atoms with Gasteiger partial charge in [-0.15, -0.1) is 11.8 Å². The smallest absolute Gasteiger partial charge is 0.252 e. The minimum Gasteiger partial charge on any atom is -0.369 e. The SMILES string of the molecule is CC(C)NC(=O)CSc1ccccc1C(=O)NCc1ccccc1N1CCN(C)CC1. The van der Waals surface area contributed by atoms with Gasteiger partial charge < -0.3 is 20.4 Å². The third-order valence-electron chi connectivity index (χ3n) is 5.22. The lowest BCUT2D eigenvalue weighted by molar-refractivity contribution is -0.119. The number of anilines is 1. The Kier molecular flexibility index (Phi) is 8.37. The van der Waals surface area contributed by atoms with Crippen molar-refractivity contribution in [1.29, 1.82) is 0 Å². The van der Waals surface area contributed by atoms with E-state index in [4.69, 9.17) is 0 Å². The largest absolute Gasteiger partial charge is 0.369 e. The molecule has 2 amide bonds. The van der Waals surface area contributed by atoms with Gasteiger partial charge in [0, 0.05) is 49.3 Å². The van der Waals surface area contributed by atoms with Gasteiger partial charge in [-0.3, -0.25) is 9.59 Å². The average Bonchev–Trinajstić information content (AvgIpc) is 2.76. The van der Waals surface area contributed by atoms with Gasteiger partial charge in [0.1, 0.15) is 0 Å². The van der Waals surface area contributed by atoms with Crippen LogP contribution in [-0.4, -0.2) is 61.7 Å². The second-order valence-electron chi connectivity index (χ2n) is 8.11. The molecule has 1 heterocycles. The molecule has 2 aromatic carbocycles. The highest BCUT2D eigenvalue weighted by atomic mass is 32.2. The molecule has 3 rings (SSSR count). The average molecular weight is 441 g/mol. The number of amides is 2. The van der Waals surface area contributed by atoms with Crippen molar-refractivity contribution in [3.05, 3.63) is 59.7 Å². The zero-order chi connectivity index (χ0) is 22.2. The molecule has 0 unspecified atom stereocenters. The Morgan fingerprint density at radius 1 is 1.00 bits per heavy atom. The molecule has 1 saturated heterocycles. The highest BCUT2D eigenvalue weighted by Crippen LogP contribution is 2.24. The molecule has 0 bridgehead atoms. The van der Waals surface area contributed by atoms with Crippen LogP contribution in [0, 0.1) is 0 Å². The molecule has 1 aliphatic rings. The molecule has 0 aliphatic carbocycles. The number of carbonyl (C=O) groups excluding carboxylic acids is 2. The first kappa shape index (κ1) is 23.2. The molecule has 166 valence electrons. The van der Waals surface area contributed by atoms with E-state index in [1.165, 1.54) is 17.4 Å². The number of benzene rings is 2. The van der Waals surface area contributed by atoms with Gasteiger partial charge in [-0.2, -0.15) is 0 Å². The van der Waals surface area contributed by atoms with Gasteiger partial charge in [0.15, 0.2) is 0 Å². The van der Waals surface area contributed by atoms with Crippen molar-refractivity contribution in [2.75, 3.05) is 43.9 Å². The molecule has 1 aliphatic heterocycles. The van der Waals surface area contributed by atoms with E-state index in [1.807, 2.05) is 50.2 Å². The second kappa shape index (κ2) is 11.2. The Bertz CT molecular complexity index is 895. The van der Waals surface area contributed by atoms with E-state index >= 15 is 0 Å². The summed E-state index contributed by atoms with van der Waals surface area (Å²) in [6.45, 7) is 8.38. The number of nitrogens with zero attached hydrogens (tertiary/aromatic N) is 2. The molecule has 7 heteroatoms. The quantitative estimate of drug-likeness (QED) is 0.618. The van der Waals surface area contributed by atoms with Gasteiger partial charge in [-0.05, 0) is 44.7 Å². The number of para-hydroxylation sites is 1. The number of carbonyl (C=O) groups is 2. The number of likely N-dealkylation sites (N-methyl/N-ethyl adjacent to an activating group) is 1. The van der Waals surface area contributed by atoms with Crippen molar-refractivity contribution in [2.45, 2.75) is 31.3 Å². The monoisotopic (exact) mass is 440 g/mol. The van der Waals surface area contributed by atoms with E-state index < -0.39 is 0 Å². The third-order valence-corrected chi connectivity index (χ3v) is 6.29. The summed E-state index contributed by atoms with van der Waals surface area (Å²) >= 11 is 1.39. The number of piperazine rings is 1. The van der Waals surface area contributed by atoms with Gasteiger partial charge in [0.25, 0.3) is 5.91 Å². The summed E-state index contributed by atoms with van der Waals surface area (Å²) in [6, 6.07) is 15.8. The Morgan fingerprint density at radius 2 is 1.68 bits per heavy atom. The summed E-state index contributed by atoms with van der Waals surface area (Å²) < 4.78 is 0. The first-order valence-corrected chi connectivity index (χ1v) is 11.7. The molecule has 0 atom stereocenters. The van der Waals surface area contributed by atoms with Gasteiger partial charge >= 0.3 is 0 Å². The van der Waals surface area contributed by atoms with E-state index in [1.54, 1.807) is 0 Å². The third kappa shape index (κ3) is 6.74. The van der Waals surface area contributed by atoms with Gasteiger partial charge in [-0.1, -0.05) is 30.3 Å². The van der Waals surface area contributed by atoms with Gasteiger partial charge in [0.2, 0.25) is 5.91 Å². The number of hydrogen-bond donors (Lipinski definition) is 2. The molecule has 31 heavy (non-hydrogen) atoms. The molecule has 1 fully saturated rings. The Balaban J connectivity index is 1.64. The van der Waals surface area contributed by atoms with E-state index in [-0.39, 0.29) is 23.6 Å². The minimum absolute atomic E-state index is 0.0312. The van der Waals surface area contributed by atoms with Crippen molar-refractivity contribution in [2.24, 2.45) is 0 Å². The lowest BCUT2D eigenvalue weighted by Crippen LogP contribution is -2.45. The van der Waals surface area contributed by atoms with Crippen molar-refractivity contribution in [3.8, 4) is 0 Å². The van der Waals surface area contributed by atoms with E-state index in [0.29, 0.717) is 12.1 Å². The van der Waals surface area contributed by atoms with Crippen molar-refractivity contribution < 1.29 is 9.59 Å². The standard InChI is InChI=1S/C24H32N4O2S/c1-18(2)26-23(29)17-31-22-11-7-5-9-20(22)24(30)25-16-19-8-4-6-10-21(19)28-14-12-27(3)13-15-28/h4-11,18H,12-17H2,1-3H3,(H,25,30)(H,26,29). The Labute approximate surface area is 189 Å².